The van der Waals surface area contributed by atoms with Crippen molar-refractivity contribution in [1.29, 1.82) is 0 Å². The highest BCUT2D eigenvalue weighted by atomic mass is 32.2. The monoisotopic (exact) mass is 423 g/mol. The molecule has 1 aliphatic heterocycles. The van der Waals surface area contributed by atoms with Crippen molar-refractivity contribution < 1.29 is 18.0 Å². The molecule has 2 amide bonds. The molecule has 1 aromatic rings. The van der Waals surface area contributed by atoms with E-state index in [1.54, 1.807) is 0 Å². The predicted octanol–water partition coefficient (Wildman–Crippen LogP) is 2.21. The lowest BCUT2D eigenvalue weighted by Gasteiger charge is -2.32. The number of nitrogens with zero attached hydrogens (tertiary/aromatic N) is 1. The molecule has 162 valence electrons. The van der Waals surface area contributed by atoms with Crippen LogP contribution in [0.5, 0.6) is 0 Å². The van der Waals surface area contributed by atoms with Gasteiger partial charge in [-0.05, 0) is 30.7 Å². The average Bonchev–Trinajstić information content (AvgIpc) is 2.66. The lowest BCUT2D eigenvalue weighted by atomic mass is 10.0. The number of sulfonamides is 1. The Bertz CT molecular complexity index is 772. The van der Waals surface area contributed by atoms with Crippen molar-refractivity contribution in [1.82, 2.24) is 14.9 Å². The van der Waals surface area contributed by atoms with E-state index >= 15 is 0 Å². The SMILES string of the molecule is CCCS(=O)(=O)N1CCC(NC(=O)C(NC(=O)CC(C)C)c2ccccc2)CC1. The molecule has 1 saturated heterocycles. The Morgan fingerprint density at radius 1 is 1.14 bits per heavy atom. The Labute approximate surface area is 174 Å². The summed E-state index contributed by atoms with van der Waals surface area (Å²) in [5, 5.41) is 5.85. The Hall–Kier alpha value is -1.93. The summed E-state index contributed by atoms with van der Waals surface area (Å²) in [7, 11) is -3.21. The number of carbonyl (C=O) groups excluding carboxylic acids is 2. The van der Waals surface area contributed by atoms with Crippen LogP contribution in [0.1, 0.15) is 58.1 Å². The van der Waals surface area contributed by atoms with Crippen molar-refractivity contribution in [3.8, 4) is 0 Å². The summed E-state index contributed by atoms with van der Waals surface area (Å²) in [5.74, 6) is -0.0707. The van der Waals surface area contributed by atoms with Gasteiger partial charge in [0.1, 0.15) is 6.04 Å². The predicted molar refractivity (Wildman–Crippen MR) is 114 cm³/mol. The molecule has 0 spiro atoms. The van der Waals surface area contributed by atoms with Crippen LogP contribution < -0.4 is 10.6 Å². The molecule has 0 radical (unpaired) electrons. The Kier molecular flexibility index (Phi) is 8.64. The molecule has 0 saturated carbocycles. The highest BCUT2D eigenvalue weighted by Crippen LogP contribution is 2.18. The van der Waals surface area contributed by atoms with Gasteiger partial charge >= 0.3 is 0 Å². The van der Waals surface area contributed by atoms with Crippen LogP contribution in [0.3, 0.4) is 0 Å². The first kappa shape index (κ1) is 23.3. The lowest BCUT2D eigenvalue weighted by molar-refractivity contribution is -0.130. The van der Waals surface area contributed by atoms with E-state index in [2.05, 4.69) is 10.6 Å². The summed E-state index contributed by atoms with van der Waals surface area (Å²) in [6, 6.07) is 8.30. The molecule has 7 nitrogen and oxygen atoms in total. The summed E-state index contributed by atoms with van der Waals surface area (Å²) in [4.78, 5) is 25.2. The number of piperidine rings is 1. The normalized spacial score (nSPS) is 17.1. The second-order valence-corrected chi connectivity index (χ2v) is 10.1. The molecule has 8 heteroatoms. The van der Waals surface area contributed by atoms with Crippen molar-refractivity contribution in [3.63, 3.8) is 0 Å². The van der Waals surface area contributed by atoms with Crippen LogP contribution in [-0.4, -0.2) is 49.4 Å². The summed E-state index contributed by atoms with van der Waals surface area (Å²) in [6.45, 7) is 6.57. The van der Waals surface area contributed by atoms with Crippen LogP contribution in [0.4, 0.5) is 0 Å². The van der Waals surface area contributed by atoms with Gasteiger partial charge in [0.05, 0.1) is 5.75 Å². The summed E-state index contributed by atoms with van der Waals surface area (Å²) in [5.41, 5.74) is 0.727. The van der Waals surface area contributed by atoms with Gasteiger partial charge in [0.25, 0.3) is 0 Å². The first-order chi connectivity index (χ1) is 13.7. The van der Waals surface area contributed by atoms with Crippen LogP contribution in [0, 0.1) is 5.92 Å². The highest BCUT2D eigenvalue weighted by molar-refractivity contribution is 7.89. The van der Waals surface area contributed by atoms with E-state index in [-0.39, 0.29) is 29.5 Å². The van der Waals surface area contributed by atoms with Crippen molar-refractivity contribution in [2.24, 2.45) is 5.92 Å². The summed E-state index contributed by atoms with van der Waals surface area (Å²) in [6.07, 6.45) is 2.07. The maximum absolute atomic E-state index is 13.0. The van der Waals surface area contributed by atoms with Crippen molar-refractivity contribution in [2.75, 3.05) is 18.8 Å². The topological polar surface area (TPSA) is 95.6 Å². The molecule has 2 rings (SSSR count). The third-order valence-corrected chi connectivity index (χ3v) is 7.03. The minimum atomic E-state index is -3.21. The highest BCUT2D eigenvalue weighted by Gasteiger charge is 2.30. The second kappa shape index (κ2) is 10.7. The number of benzene rings is 1. The minimum absolute atomic E-state index is 0.108. The number of carbonyl (C=O) groups is 2. The zero-order valence-corrected chi connectivity index (χ0v) is 18.4. The van der Waals surface area contributed by atoms with E-state index in [0.717, 1.165) is 5.56 Å². The molecular formula is C21H33N3O4S. The first-order valence-electron chi connectivity index (χ1n) is 10.4. The van der Waals surface area contributed by atoms with E-state index in [9.17, 15) is 18.0 Å². The number of hydrogen-bond acceptors (Lipinski definition) is 4. The van der Waals surface area contributed by atoms with Gasteiger partial charge in [0.15, 0.2) is 0 Å². The van der Waals surface area contributed by atoms with Gasteiger partial charge in [-0.25, -0.2) is 12.7 Å². The zero-order valence-electron chi connectivity index (χ0n) is 17.6. The molecule has 2 N–H and O–H groups in total. The Balaban J connectivity index is 2.00. The lowest BCUT2D eigenvalue weighted by Crippen LogP contribution is -2.50. The molecule has 0 bridgehead atoms. The van der Waals surface area contributed by atoms with E-state index < -0.39 is 16.1 Å². The second-order valence-electron chi connectivity index (χ2n) is 8.01. The van der Waals surface area contributed by atoms with Gasteiger partial charge < -0.3 is 10.6 Å². The molecule has 1 aromatic carbocycles. The van der Waals surface area contributed by atoms with Crippen LogP contribution in [-0.2, 0) is 19.6 Å². The smallest absolute Gasteiger partial charge is 0.247 e. The van der Waals surface area contributed by atoms with Crippen LogP contribution in [0.25, 0.3) is 0 Å². The van der Waals surface area contributed by atoms with Gasteiger partial charge in [-0.3, -0.25) is 9.59 Å². The third kappa shape index (κ3) is 7.12. The van der Waals surface area contributed by atoms with Gasteiger partial charge in [-0.2, -0.15) is 0 Å². The zero-order chi connectivity index (χ0) is 21.4. The van der Waals surface area contributed by atoms with Gasteiger partial charge in [-0.15, -0.1) is 0 Å². The van der Waals surface area contributed by atoms with Gasteiger partial charge in [0.2, 0.25) is 21.8 Å². The number of hydrogen-bond donors (Lipinski definition) is 2. The van der Waals surface area contributed by atoms with E-state index in [4.69, 9.17) is 0 Å². The van der Waals surface area contributed by atoms with Gasteiger partial charge in [-0.1, -0.05) is 51.1 Å². The number of amides is 2. The largest absolute Gasteiger partial charge is 0.351 e. The van der Waals surface area contributed by atoms with Crippen molar-refractivity contribution in [2.45, 2.75) is 58.5 Å². The fourth-order valence-corrected chi connectivity index (χ4v) is 5.03. The third-order valence-electron chi connectivity index (χ3n) is 4.95. The first-order valence-corrected chi connectivity index (χ1v) is 12.0. The number of rotatable bonds is 9. The molecule has 1 atom stereocenters. The molecule has 1 aliphatic rings. The Morgan fingerprint density at radius 2 is 1.76 bits per heavy atom. The van der Waals surface area contributed by atoms with Crippen molar-refractivity contribution in [3.05, 3.63) is 35.9 Å². The molecule has 1 fully saturated rings. The molecule has 29 heavy (non-hydrogen) atoms. The van der Waals surface area contributed by atoms with Gasteiger partial charge in [0, 0.05) is 25.6 Å². The van der Waals surface area contributed by atoms with E-state index in [1.807, 2.05) is 51.1 Å². The van der Waals surface area contributed by atoms with Crippen molar-refractivity contribution >= 4 is 21.8 Å². The minimum Gasteiger partial charge on any atom is -0.351 e. The standard InChI is InChI=1S/C21H33N3O4S/c1-4-14-29(27,28)24-12-10-18(11-13-24)22-21(26)20(17-8-6-5-7-9-17)23-19(25)15-16(2)3/h5-9,16,18,20H,4,10-15H2,1-3H3,(H,22,26)(H,23,25). The molecule has 1 unspecified atom stereocenters. The summed E-state index contributed by atoms with van der Waals surface area (Å²) >= 11 is 0. The fourth-order valence-electron chi connectivity index (χ4n) is 3.49. The maximum atomic E-state index is 13.0. The van der Waals surface area contributed by atoms with E-state index in [1.165, 1.54) is 4.31 Å². The average molecular weight is 424 g/mol. The van der Waals surface area contributed by atoms with Crippen LogP contribution in [0.15, 0.2) is 30.3 Å². The fraction of sp³-hybridized carbons (Fsp3) is 0.619. The molecule has 0 aliphatic carbocycles. The Morgan fingerprint density at radius 3 is 2.31 bits per heavy atom. The molecule has 1 heterocycles. The maximum Gasteiger partial charge on any atom is 0.247 e. The molecule has 0 aromatic heterocycles. The van der Waals surface area contributed by atoms with Crippen LogP contribution >= 0.6 is 0 Å². The quantitative estimate of drug-likeness (QED) is 0.637. The summed E-state index contributed by atoms with van der Waals surface area (Å²) < 4.78 is 25.9. The van der Waals surface area contributed by atoms with Crippen LogP contribution in [0.2, 0.25) is 0 Å². The van der Waals surface area contributed by atoms with E-state index in [0.29, 0.717) is 38.8 Å². The molecular weight excluding hydrogens is 390 g/mol. The number of nitrogens with one attached hydrogen (secondary N) is 2.